The molecule has 6 aromatic rings. The molecule has 5 heterocycles. The number of nitrogens with one attached hydrogen (secondary N) is 1. The maximum Gasteiger partial charge on any atom is 0.267 e. The molecule has 0 radical (unpaired) electrons. The highest BCUT2D eigenvalue weighted by Crippen LogP contribution is 2.23. The van der Waals surface area contributed by atoms with Crippen LogP contribution >= 0.6 is 0 Å². The van der Waals surface area contributed by atoms with Crippen molar-refractivity contribution in [3.8, 4) is 17.5 Å². The Kier molecular flexibility index (Phi) is 7.43. The highest BCUT2D eigenvalue weighted by molar-refractivity contribution is 6.04. The van der Waals surface area contributed by atoms with Gasteiger partial charge in [0, 0.05) is 37.2 Å². The van der Waals surface area contributed by atoms with Crippen LogP contribution in [0.25, 0.3) is 22.2 Å². The molecule has 1 aliphatic rings. The van der Waals surface area contributed by atoms with Gasteiger partial charge in [-0.1, -0.05) is 36.1 Å². The van der Waals surface area contributed by atoms with E-state index in [0.29, 0.717) is 52.3 Å². The highest BCUT2D eigenvalue weighted by atomic mass is 16.3. The molecular weight excluding hydrogens is 600 g/mol. The van der Waals surface area contributed by atoms with Crippen molar-refractivity contribution in [3.63, 3.8) is 0 Å². The SMILES string of the molecule is C[C@H](NC(=O)c1c(N)nn2cccnc12)c1nc2cccc(C#Cc3cnn(C4CN(C(=O)CO)C4)c3)c2c(=O)n1-c1ccccc1. The van der Waals surface area contributed by atoms with Crippen molar-refractivity contribution in [1.82, 2.24) is 44.1 Å². The van der Waals surface area contributed by atoms with Crippen LogP contribution in [0.5, 0.6) is 0 Å². The summed E-state index contributed by atoms with van der Waals surface area (Å²) in [5, 5.41) is 20.9. The number of rotatable bonds is 6. The number of carbonyl (C=O) groups is 2. The fourth-order valence-corrected chi connectivity index (χ4v) is 5.59. The largest absolute Gasteiger partial charge is 0.387 e. The summed E-state index contributed by atoms with van der Waals surface area (Å²) < 4.78 is 4.65. The van der Waals surface area contributed by atoms with Crippen molar-refractivity contribution >= 4 is 34.2 Å². The van der Waals surface area contributed by atoms with Crippen LogP contribution < -0.4 is 16.6 Å². The summed E-state index contributed by atoms with van der Waals surface area (Å²) in [7, 11) is 0. The summed E-state index contributed by atoms with van der Waals surface area (Å²) in [5.41, 5.74) is 8.27. The normalized spacial score (nSPS) is 13.6. The molecule has 14 heteroatoms. The van der Waals surface area contributed by atoms with Gasteiger partial charge in [-0.2, -0.15) is 5.10 Å². The van der Waals surface area contributed by atoms with E-state index in [-0.39, 0.29) is 28.9 Å². The second-order valence-electron chi connectivity index (χ2n) is 11.1. The number of carbonyl (C=O) groups excluding carboxylic acids is 2. The van der Waals surface area contributed by atoms with Crippen LogP contribution in [0.15, 0.2) is 84.2 Å². The van der Waals surface area contributed by atoms with Gasteiger partial charge in [-0.25, -0.2) is 14.5 Å². The first-order valence-corrected chi connectivity index (χ1v) is 14.8. The number of aromatic nitrogens is 7. The molecule has 7 rings (SSSR count). The van der Waals surface area contributed by atoms with Gasteiger partial charge in [0.1, 0.15) is 18.0 Å². The van der Waals surface area contributed by atoms with Gasteiger partial charge in [-0.15, -0.1) is 5.10 Å². The van der Waals surface area contributed by atoms with Crippen molar-refractivity contribution < 1.29 is 14.7 Å². The van der Waals surface area contributed by atoms with Crippen LogP contribution in [0.4, 0.5) is 5.82 Å². The third kappa shape index (κ3) is 5.34. The summed E-state index contributed by atoms with van der Waals surface area (Å²) in [6.07, 6.45) is 6.61. The van der Waals surface area contributed by atoms with E-state index in [1.807, 2.05) is 18.2 Å². The van der Waals surface area contributed by atoms with Crippen molar-refractivity contribution in [3.05, 3.63) is 112 Å². The number of aliphatic hydroxyl groups is 1. The molecule has 234 valence electrons. The van der Waals surface area contributed by atoms with E-state index in [9.17, 15) is 14.4 Å². The maximum atomic E-state index is 14.3. The average Bonchev–Trinajstić information content (AvgIpc) is 3.66. The Balaban J connectivity index is 1.24. The number of hydrogen-bond donors (Lipinski definition) is 3. The van der Waals surface area contributed by atoms with E-state index in [1.165, 1.54) is 9.08 Å². The summed E-state index contributed by atoms with van der Waals surface area (Å²) >= 11 is 0. The van der Waals surface area contributed by atoms with Crippen molar-refractivity contribution in [1.29, 1.82) is 0 Å². The van der Waals surface area contributed by atoms with Crippen molar-refractivity contribution in [2.45, 2.75) is 19.0 Å². The zero-order valence-corrected chi connectivity index (χ0v) is 25.1. The minimum absolute atomic E-state index is 0.00216. The molecule has 0 bridgehead atoms. The van der Waals surface area contributed by atoms with Crippen LogP contribution in [0.3, 0.4) is 0 Å². The zero-order valence-electron chi connectivity index (χ0n) is 25.1. The third-order valence-electron chi connectivity index (χ3n) is 7.99. The molecule has 0 aliphatic carbocycles. The standard InChI is InChI=1S/C33H28N10O4/c1-20(37-32(46)28-29(34)39-41-14-6-13-35-31(28)41)30-38-25-10-5-7-22(27(25)33(47)43(30)23-8-3-2-4-9-23)12-11-21-15-36-42(16-21)24-17-40(18-24)26(45)19-44/h2-10,13-16,20,24,44H,17-19H2,1H3,(H2,34,39)(H,37,46)/t20-/m0/s1. The summed E-state index contributed by atoms with van der Waals surface area (Å²) in [5.74, 6) is 5.73. The van der Waals surface area contributed by atoms with E-state index < -0.39 is 18.6 Å². The van der Waals surface area contributed by atoms with Crippen LogP contribution in [-0.4, -0.2) is 75.4 Å². The van der Waals surface area contributed by atoms with Gasteiger partial charge in [0.05, 0.1) is 40.4 Å². The quantitative estimate of drug-likeness (QED) is 0.230. The number of anilines is 1. The van der Waals surface area contributed by atoms with Crippen molar-refractivity contribution in [2.75, 3.05) is 25.4 Å². The highest BCUT2D eigenvalue weighted by Gasteiger charge is 2.32. The molecule has 47 heavy (non-hydrogen) atoms. The fraction of sp³-hybridized carbons (Fsp3) is 0.182. The second-order valence-corrected chi connectivity index (χ2v) is 11.1. The lowest BCUT2D eigenvalue weighted by molar-refractivity contribution is -0.140. The Morgan fingerprint density at radius 2 is 1.91 bits per heavy atom. The fourth-order valence-electron chi connectivity index (χ4n) is 5.59. The molecule has 2 amide bonds. The molecule has 1 atom stereocenters. The van der Waals surface area contributed by atoms with Gasteiger partial charge in [0.2, 0.25) is 5.91 Å². The van der Waals surface area contributed by atoms with Gasteiger partial charge in [-0.05, 0) is 37.3 Å². The molecule has 1 aliphatic heterocycles. The first kappa shape index (κ1) is 29.4. The molecular formula is C33H28N10O4. The van der Waals surface area contributed by atoms with E-state index in [4.69, 9.17) is 15.8 Å². The van der Waals surface area contributed by atoms with Gasteiger partial charge >= 0.3 is 0 Å². The van der Waals surface area contributed by atoms with Crippen LogP contribution in [0.2, 0.25) is 0 Å². The van der Waals surface area contributed by atoms with Gasteiger partial charge in [0.15, 0.2) is 11.5 Å². The minimum Gasteiger partial charge on any atom is -0.387 e. The van der Waals surface area contributed by atoms with Crippen molar-refractivity contribution in [2.24, 2.45) is 0 Å². The first-order valence-electron chi connectivity index (χ1n) is 14.8. The third-order valence-corrected chi connectivity index (χ3v) is 7.99. The molecule has 2 aromatic carbocycles. The molecule has 14 nitrogen and oxygen atoms in total. The monoisotopic (exact) mass is 628 g/mol. The van der Waals surface area contributed by atoms with E-state index >= 15 is 0 Å². The lowest BCUT2D eigenvalue weighted by atomic mass is 10.1. The van der Waals surface area contributed by atoms with Gasteiger partial charge < -0.3 is 21.1 Å². The van der Waals surface area contributed by atoms with Crippen LogP contribution in [0.1, 0.15) is 46.3 Å². The Morgan fingerprint density at radius 3 is 2.70 bits per heavy atom. The Bertz CT molecular complexity index is 2290. The predicted molar refractivity (Wildman–Crippen MR) is 172 cm³/mol. The number of nitrogens with zero attached hydrogens (tertiary/aromatic N) is 8. The summed E-state index contributed by atoms with van der Waals surface area (Å²) in [6, 6.07) is 15.3. The zero-order chi connectivity index (χ0) is 32.7. The average molecular weight is 629 g/mol. The number of para-hydroxylation sites is 1. The van der Waals surface area contributed by atoms with E-state index in [1.54, 1.807) is 77.7 Å². The Hall–Kier alpha value is -6.33. The predicted octanol–water partition coefficient (Wildman–Crippen LogP) is 1.47. The minimum atomic E-state index is -0.728. The molecule has 1 saturated heterocycles. The number of hydrogen-bond acceptors (Lipinski definition) is 9. The van der Waals surface area contributed by atoms with E-state index in [2.05, 4.69) is 32.3 Å². The molecule has 4 N–H and O–H groups in total. The lowest BCUT2D eigenvalue weighted by Gasteiger charge is -2.38. The molecule has 0 unspecified atom stereocenters. The molecule has 1 fully saturated rings. The van der Waals surface area contributed by atoms with Crippen LogP contribution in [-0.2, 0) is 4.79 Å². The first-order chi connectivity index (χ1) is 22.8. The number of amides is 2. The number of aliphatic hydroxyl groups excluding tert-OH is 1. The smallest absolute Gasteiger partial charge is 0.267 e. The Morgan fingerprint density at radius 1 is 1.11 bits per heavy atom. The lowest BCUT2D eigenvalue weighted by Crippen LogP contribution is -2.51. The summed E-state index contributed by atoms with van der Waals surface area (Å²) in [4.78, 5) is 50.1. The van der Waals surface area contributed by atoms with Gasteiger partial charge in [-0.3, -0.25) is 23.6 Å². The van der Waals surface area contributed by atoms with Crippen LogP contribution in [0, 0.1) is 11.8 Å². The molecule has 4 aromatic heterocycles. The number of nitrogen functional groups attached to an aromatic ring is 1. The molecule has 0 spiro atoms. The number of likely N-dealkylation sites (tertiary alicyclic amines) is 1. The molecule has 0 saturated carbocycles. The summed E-state index contributed by atoms with van der Waals surface area (Å²) in [6.45, 7) is 2.15. The number of fused-ring (bicyclic) bond motifs is 2. The number of benzene rings is 2. The Labute approximate surface area is 267 Å². The number of nitrogens with two attached hydrogens (primary N) is 1. The second kappa shape index (κ2) is 11.9. The maximum absolute atomic E-state index is 14.3. The topological polar surface area (TPSA) is 179 Å². The van der Waals surface area contributed by atoms with E-state index in [0.717, 1.165) is 0 Å². The van der Waals surface area contributed by atoms with Gasteiger partial charge in [0.25, 0.3) is 11.5 Å².